The Balaban J connectivity index is 1.80. The third kappa shape index (κ3) is 2.08. The van der Waals surface area contributed by atoms with E-state index < -0.39 is 0 Å². The SMILES string of the molecule is CNC1CC(Oc2cccc3c2OC(C)(C)C3)C1(C)C. The van der Waals surface area contributed by atoms with Crippen LogP contribution in [0.25, 0.3) is 0 Å². The van der Waals surface area contributed by atoms with Gasteiger partial charge in [-0.3, -0.25) is 0 Å². The van der Waals surface area contributed by atoms with Crippen molar-refractivity contribution in [2.75, 3.05) is 7.05 Å². The molecule has 0 amide bonds. The van der Waals surface area contributed by atoms with Gasteiger partial charge in [-0.1, -0.05) is 26.0 Å². The zero-order chi connectivity index (χ0) is 14.5. The minimum absolute atomic E-state index is 0.121. The zero-order valence-corrected chi connectivity index (χ0v) is 13.1. The second-order valence-corrected chi connectivity index (χ2v) is 7.29. The number of rotatable bonds is 3. The molecule has 1 aromatic rings. The lowest BCUT2D eigenvalue weighted by Gasteiger charge is -2.51. The molecule has 1 N–H and O–H groups in total. The fourth-order valence-electron chi connectivity index (χ4n) is 3.41. The summed E-state index contributed by atoms with van der Waals surface area (Å²) < 4.78 is 12.3. The third-order valence-electron chi connectivity index (χ3n) is 4.85. The van der Waals surface area contributed by atoms with E-state index >= 15 is 0 Å². The van der Waals surface area contributed by atoms with Crippen LogP contribution in [0.15, 0.2) is 18.2 Å². The zero-order valence-electron chi connectivity index (χ0n) is 13.1. The molecule has 1 aromatic carbocycles. The molecule has 1 aliphatic heterocycles. The Morgan fingerprint density at radius 3 is 2.65 bits per heavy atom. The minimum Gasteiger partial charge on any atom is -0.486 e. The number of ether oxygens (including phenoxy) is 2. The monoisotopic (exact) mass is 275 g/mol. The summed E-state index contributed by atoms with van der Waals surface area (Å²) in [5.74, 6) is 1.85. The van der Waals surface area contributed by atoms with Crippen molar-refractivity contribution in [1.29, 1.82) is 0 Å². The molecule has 0 aromatic heterocycles. The molecule has 3 heteroatoms. The maximum Gasteiger partial charge on any atom is 0.165 e. The molecule has 2 aliphatic rings. The normalized spacial score (nSPS) is 29.2. The molecular weight excluding hydrogens is 250 g/mol. The number of hydrogen-bond acceptors (Lipinski definition) is 3. The lowest BCUT2D eigenvalue weighted by Crippen LogP contribution is -2.61. The number of fused-ring (bicyclic) bond motifs is 1. The van der Waals surface area contributed by atoms with Crippen LogP contribution >= 0.6 is 0 Å². The molecule has 0 radical (unpaired) electrons. The number of benzene rings is 1. The molecule has 0 saturated heterocycles. The van der Waals surface area contributed by atoms with Gasteiger partial charge in [0.25, 0.3) is 0 Å². The average Bonchev–Trinajstić information content (AvgIpc) is 2.68. The summed E-state index contributed by atoms with van der Waals surface area (Å²) in [6.07, 6.45) is 2.25. The predicted octanol–water partition coefficient (Wildman–Crippen LogP) is 3.17. The van der Waals surface area contributed by atoms with E-state index in [4.69, 9.17) is 9.47 Å². The molecule has 110 valence electrons. The smallest absolute Gasteiger partial charge is 0.165 e. The lowest BCUT2D eigenvalue weighted by molar-refractivity contribution is -0.0538. The summed E-state index contributed by atoms with van der Waals surface area (Å²) >= 11 is 0. The summed E-state index contributed by atoms with van der Waals surface area (Å²) in [4.78, 5) is 0. The average molecular weight is 275 g/mol. The largest absolute Gasteiger partial charge is 0.486 e. The second-order valence-electron chi connectivity index (χ2n) is 7.29. The highest BCUT2D eigenvalue weighted by Gasteiger charge is 2.49. The van der Waals surface area contributed by atoms with E-state index in [1.54, 1.807) is 0 Å². The molecule has 2 unspecified atom stereocenters. The maximum atomic E-state index is 6.27. The molecule has 1 saturated carbocycles. The Kier molecular flexibility index (Phi) is 3.02. The highest BCUT2D eigenvalue weighted by atomic mass is 16.5. The first-order valence-electron chi connectivity index (χ1n) is 7.48. The molecule has 20 heavy (non-hydrogen) atoms. The molecule has 1 fully saturated rings. The Hall–Kier alpha value is -1.22. The van der Waals surface area contributed by atoms with Crippen molar-refractivity contribution in [3.8, 4) is 11.5 Å². The van der Waals surface area contributed by atoms with Crippen molar-refractivity contribution in [3.05, 3.63) is 23.8 Å². The van der Waals surface area contributed by atoms with Crippen molar-refractivity contribution in [2.45, 2.75) is 58.3 Å². The van der Waals surface area contributed by atoms with Crippen LogP contribution in [-0.4, -0.2) is 24.8 Å². The topological polar surface area (TPSA) is 30.5 Å². The van der Waals surface area contributed by atoms with Gasteiger partial charge >= 0.3 is 0 Å². The van der Waals surface area contributed by atoms with E-state index in [1.807, 2.05) is 13.1 Å². The fraction of sp³-hybridized carbons (Fsp3) is 0.647. The van der Waals surface area contributed by atoms with Gasteiger partial charge in [0, 0.05) is 29.9 Å². The Bertz CT molecular complexity index is 522. The summed E-state index contributed by atoms with van der Waals surface area (Å²) in [6, 6.07) is 6.77. The van der Waals surface area contributed by atoms with Gasteiger partial charge in [0.1, 0.15) is 11.7 Å². The van der Waals surface area contributed by atoms with Crippen LogP contribution in [0.3, 0.4) is 0 Å². The quantitative estimate of drug-likeness (QED) is 0.919. The second kappa shape index (κ2) is 4.39. The first-order chi connectivity index (χ1) is 9.33. The molecule has 1 heterocycles. The van der Waals surface area contributed by atoms with Crippen molar-refractivity contribution in [2.24, 2.45) is 5.41 Å². The minimum atomic E-state index is -0.121. The Labute approximate surface area is 121 Å². The van der Waals surface area contributed by atoms with Gasteiger partial charge in [-0.2, -0.15) is 0 Å². The Morgan fingerprint density at radius 1 is 1.25 bits per heavy atom. The van der Waals surface area contributed by atoms with Crippen molar-refractivity contribution < 1.29 is 9.47 Å². The van der Waals surface area contributed by atoms with E-state index in [0.29, 0.717) is 6.04 Å². The van der Waals surface area contributed by atoms with Crippen LogP contribution in [-0.2, 0) is 6.42 Å². The van der Waals surface area contributed by atoms with Crippen LogP contribution < -0.4 is 14.8 Å². The van der Waals surface area contributed by atoms with Crippen LogP contribution in [0.2, 0.25) is 0 Å². The van der Waals surface area contributed by atoms with Gasteiger partial charge < -0.3 is 14.8 Å². The molecule has 3 nitrogen and oxygen atoms in total. The van der Waals surface area contributed by atoms with Crippen LogP contribution in [0, 0.1) is 5.41 Å². The van der Waals surface area contributed by atoms with E-state index in [1.165, 1.54) is 5.56 Å². The molecule has 0 bridgehead atoms. The summed E-state index contributed by atoms with van der Waals surface area (Å²) in [5, 5.41) is 3.36. The highest BCUT2D eigenvalue weighted by molar-refractivity contribution is 5.50. The van der Waals surface area contributed by atoms with Gasteiger partial charge in [-0.25, -0.2) is 0 Å². The van der Waals surface area contributed by atoms with Gasteiger partial charge in [0.15, 0.2) is 11.5 Å². The molecular formula is C17H25NO2. The molecule has 0 spiro atoms. The van der Waals surface area contributed by atoms with Crippen molar-refractivity contribution in [3.63, 3.8) is 0 Å². The van der Waals surface area contributed by atoms with Gasteiger partial charge in [-0.05, 0) is 27.0 Å². The first-order valence-corrected chi connectivity index (χ1v) is 7.48. The van der Waals surface area contributed by atoms with E-state index in [9.17, 15) is 0 Å². The van der Waals surface area contributed by atoms with Crippen molar-refractivity contribution >= 4 is 0 Å². The number of para-hydroxylation sites is 1. The Morgan fingerprint density at radius 2 is 2.00 bits per heavy atom. The fourth-order valence-corrected chi connectivity index (χ4v) is 3.41. The third-order valence-corrected chi connectivity index (χ3v) is 4.85. The van der Waals surface area contributed by atoms with Gasteiger partial charge in [0.2, 0.25) is 0 Å². The molecule has 1 aliphatic carbocycles. The van der Waals surface area contributed by atoms with Crippen LogP contribution in [0.1, 0.15) is 39.7 Å². The molecule has 3 rings (SSSR count). The van der Waals surface area contributed by atoms with Crippen LogP contribution in [0.4, 0.5) is 0 Å². The van der Waals surface area contributed by atoms with Crippen molar-refractivity contribution in [1.82, 2.24) is 5.32 Å². The maximum absolute atomic E-state index is 6.27. The van der Waals surface area contributed by atoms with Gasteiger partial charge in [0.05, 0.1) is 0 Å². The number of nitrogens with one attached hydrogen (secondary N) is 1. The highest BCUT2D eigenvalue weighted by Crippen LogP contribution is 2.47. The summed E-state index contributed by atoms with van der Waals surface area (Å²) in [7, 11) is 2.02. The number of hydrogen-bond donors (Lipinski definition) is 1. The lowest BCUT2D eigenvalue weighted by atomic mass is 9.64. The predicted molar refractivity (Wildman–Crippen MR) is 80.5 cm³/mol. The standard InChI is InChI=1S/C17H25NO2/c1-16(2)10-11-7-6-8-12(15(11)20-16)19-14-9-13(18-5)17(14,3)4/h6-8,13-14,18H,9-10H2,1-5H3. The van der Waals surface area contributed by atoms with Gasteiger partial charge in [-0.15, -0.1) is 0 Å². The van der Waals surface area contributed by atoms with E-state index in [-0.39, 0.29) is 17.1 Å². The van der Waals surface area contributed by atoms with E-state index in [2.05, 4.69) is 45.1 Å². The molecule has 2 atom stereocenters. The van der Waals surface area contributed by atoms with E-state index in [0.717, 1.165) is 24.3 Å². The summed E-state index contributed by atoms with van der Waals surface area (Å²) in [6.45, 7) is 8.77. The summed E-state index contributed by atoms with van der Waals surface area (Å²) in [5.41, 5.74) is 1.30. The van der Waals surface area contributed by atoms with Crippen LogP contribution in [0.5, 0.6) is 11.5 Å². The first kappa shape index (κ1) is 13.7.